The molecule has 0 heterocycles. The van der Waals surface area contributed by atoms with Crippen LogP contribution in [0.4, 0.5) is 10.1 Å². The van der Waals surface area contributed by atoms with Crippen LogP contribution in [-0.2, 0) is 6.54 Å². The summed E-state index contributed by atoms with van der Waals surface area (Å²) in [6.45, 7) is 4.36. The lowest BCUT2D eigenvalue weighted by molar-refractivity contribution is 0.617. The molecule has 0 unspecified atom stereocenters. The Morgan fingerprint density at radius 2 is 1.89 bits per heavy atom. The van der Waals surface area contributed by atoms with Gasteiger partial charge in [-0.3, -0.25) is 0 Å². The predicted octanol–water partition coefficient (Wildman–Crippen LogP) is 4.71. The molecule has 0 bridgehead atoms. The Kier molecular flexibility index (Phi) is 3.87. The van der Waals surface area contributed by atoms with Crippen molar-refractivity contribution in [3.05, 3.63) is 63.9 Å². The van der Waals surface area contributed by atoms with Crippen LogP contribution >= 0.6 is 11.6 Å². The third-order valence-electron chi connectivity index (χ3n) is 2.90. The smallest absolute Gasteiger partial charge is 0.126 e. The molecule has 0 aliphatic carbocycles. The predicted molar refractivity (Wildman–Crippen MR) is 74.7 cm³/mol. The van der Waals surface area contributed by atoms with E-state index in [2.05, 4.69) is 5.32 Å². The van der Waals surface area contributed by atoms with Crippen molar-refractivity contribution in [3.8, 4) is 0 Å². The Bertz CT molecular complexity index is 566. The molecule has 1 nitrogen and oxygen atoms in total. The number of rotatable bonds is 3. The van der Waals surface area contributed by atoms with Gasteiger partial charge in [0.2, 0.25) is 0 Å². The maximum Gasteiger partial charge on any atom is 0.126 e. The molecule has 0 saturated heterocycles. The molecule has 0 aliphatic rings. The van der Waals surface area contributed by atoms with Crippen molar-refractivity contribution in [2.24, 2.45) is 0 Å². The summed E-state index contributed by atoms with van der Waals surface area (Å²) >= 11 is 6.19. The summed E-state index contributed by atoms with van der Waals surface area (Å²) in [6, 6.07) is 11.0. The van der Waals surface area contributed by atoms with Gasteiger partial charge in [-0.25, -0.2) is 4.39 Å². The van der Waals surface area contributed by atoms with Crippen molar-refractivity contribution in [1.29, 1.82) is 0 Å². The molecule has 3 heteroatoms. The molecule has 2 aromatic carbocycles. The van der Waals surface area contributed by atoms with E-state index in [0.29, 0.717) is 12.1 Å². The normalized spacial score (nSPS) is 10.4. The number of benzene rings is 2. The molecule has 0 atom stereocenters. The van der Waals surface area contributed by atoms with E-state index in [1.807, 2.05) is 31.2 Å². The number of halogens is 2. The van der Waals surface area contributed by atoms with Crippen molar-refractivity contribution in [2.75, 3.05) is 5.32 Å². The highest BCUT2D eigenvalue weighted by Gasteiger charge is 2.03. The molecule has 0 amide bonds. The molecule has 2 rings (SSSR count). The molecule has 0 aromatic heterocycles. The first-order chi connectivity index (χ1) is 8.58. The molecular weight excluding hydrogens is 249 g/mol. The summed E-state index contributed by atoms with van der Waals surface area (Å²) in [5.74, 6) is -0.174. The molecular formula is C15H15ClFN. The molecule has 94 valence electrons. The zero-order valence-corrected chi connectivity index (χ0v) is 11.2. The summed E-state index contributed by atoms with van der Waals surface area (Å²) < 4.78 is 13.1. The van der Waals surface area contributed by atoms with Crippen LogP contribution in [-0.4, -0.2) is 0 Å². The van der Waals surface area contributed by atoms with Gasteiger partial charge in [0.25, 0.3) is 0 Å². The van der Waals surface area contributed by atoms with E-state index >= 15 is 0 Å². The fourth-order valence-electron chi connectivity index (χ4n) is 1.80. The zero-order chi connectivity index (χ0) is 13.1. The number of hydrogen-bond donors (Lipinski definition) is 1. The topological polar surface area (TPSA) is 12.0 Å². The first-order valence-corrected chi connectivity index (χ1v) is 6.20. The molecule has 0 radical (unpaired) electrons. The fraction of sp³-hybridized carbons (Fsp3) is 0.200. The van der Waals surface area contributed by atoms with E-state index in [0.717, 1.165) is 21.8 Å². The Morgan fingerprint density at radius 3 is 2.61 bits per heavy atom. The first-order valence-electron chi connectivity index (χ1n) is 5.82. The molecule has 2 aromatic rings. The molecule has 1 N–H and O–H groups in total. The highest BCUT2D eigenvalue weighted by Crippen LogP contribution is 2.25. The molecule has 0 saturated carbocycles. The average Bonchev–Trinajstić information content (AvgIpc) is 2.35. The van der Waals surface area contributed by atoms with E-state index in [4.69, 9.17) is 11.6 Å². The average molecular weight is 264 g/mol. The second-order valence-electron chi connectivity index (χ2n) is 4.37. The molecule has 0 aliphatic heterocycles. The van der Waals surface area contributed by atoms with Gasteiger partial charge < -0.3 is 5.32 Å². The number of hydrogen-bond acceptors (Lipinski definition) is 1. The Balaban J connectivity index is 2.11. The number of anilines is 1. The summed E-state index contributed by atoms with van der Waals surface area (Å²) in [6.07, 6.45) is 0. The van der Waals surface area contributed by atoms with Crippen LogP contribution in [0.3, 0.4) is 0 Å². The van der Waals surface area contributed by atoms with Crippen LogP contribution in [0.25, 0.3) is 0 Å². The van der Waals surface area contributed by atoms with Gasteiger partial charge in [0.05, 0.1) is 10.7 Å². The Labute approximate surface area is 112 Å². The van der Waals surface area contributed by atoms with E-state index in [1.165, 1.54) is 6.07 Å². The maximum atomic E-state index is 13.1. The largest absolute Gasteiger partial charge is 0.380 e. The summed E-state index contributed by atoms with van der Waals surface area (Å²) in [4.78, 5) is 0. The SMILES string of the molecule is Cc1cc(CNc2cccc(C)c2Cl)ccc1F. The standard InChI is InChI=1S/C15H15ClFN/c1-10-4-3-5-14(15(10)16)18-9-12-6-7-13(17)11(2)8-12/h3-8,18H,9H2,1-2H3. The maximum absolute atomic E-state index is 13.1. The van der Waals surface area contributed by atoms with Gasteiger partial charge >= 0.3 is 0 Å². The minimum atomic E-state index is -0.174. The summed E-state index contributed by atoms with van der Waals surface area (Å²) in [7, 11) is 0. The van der Waals surface area contributed by atoms with Crippen LogP contribution in [0.5, 0.6) is 0 Å². The van der Waals surface area contributed by atoms with E-state index in [1.54, 1.807) is 13.0 Å². The van der Waals surface area contributed by atoms with E-state index in [-0.39, 0.29) is 5.82 Å². The van der Waals surface area contributed by atoms with Crippen LogP contribution in [0.2, 0.25) is 5.02 Å². The summed E-state index contributed by atoms with van der Waals surface area (Å²) in [5, 5.41) is 4.00. The quantitative estimate of drug-likeness (QED) is 0.846. The monoisotopic (exact) mass is 263 g/mol. The highest BCUT2D eigenvalue weighted by atomic mass is 35.5. The molecule has 18 heavy (non-hydrogen) atoms. The zero-order valence-electron chi connectivity index (χ0n) is 10.4. The van der Waals surface area contributed by atoms with Crippen LogP contribution < -0.4 is 5.32 Å². The van der Waals surface area contributed by atoms with Gasteiger partial charge in [-0.05, 0) is 42.7 Å². The number of nitrogens with one attached hydrogen (secondary N) is 1. The van der Waals surface area contributed by atoms with Crippen molar-refractivity contribution in [3.63, 3.8) is 0 Å². The lowest BCUT2D eigenvalue weighted by atomic mass is 10.1. The van der Waals surface area contributed by atoms with Crippen molar-refractivity contribution < 1.29 is 4.39 Å². The van der Waals surface area contributed by atoms with Crippen LogP contribution in [0, 0.1) is 19.7 Å². The first kappa shape index (κ1) is 12.9. The van der Waals surface area contributed by atoms with Gasteiger partial charge in [-0.15, -0.1) is 0 Å². The third-order valence-corrected chi connectivity index (χ3v) is 3.40. The second-order valence-corrected chi connectivity index (χ2v) is 4.75. The van der Waals surface area contributed by atoms with Crippen LogP contribution in [0.15, 0.2) is 36.4 Å². The van der Waals surface area contributed by atoms with Gasteiger partial charge in [0, 0.05) is 6.54 Å². The van der Waals surface area contributed by atoms with Gasteiger partial charge in [-0.1, -0.05) is 35.9 Å². The number of aryl methyl sites for hydroxylation is 2. The molecule has 0 fully saturated rings. The minimum Gasteiger partial charge on any atom is -0.380 e. The van der Waals surface area contributed by atoms with Gasteiger partial charge in [0.1, 0.15) is 5.82 Å². The fourth-order valence-corrected chi connectivity index (χ4v) is 1.99. The lowest BCUT2D eigenvalue weighted by Crippen LogP contribution is -2.01. The van der Waals surface area contributed by atoms with Gasteiger partial charge in [0.15, 0.2) is 0 Å². The van der Waals surface area contributed by atoms with Crippen molar-refractivity contribution in [1.82, 2.24) is 0 Å². The lowest BCUT2D eigenvalue weighted by Gasteiger charge is -2.10. The van der Waals surface area contributed by atoms with E-state index in [9.17, 15) is 4.39 Å². The molecule has 0 spiro atoms. The minimum absolute atomic E-state index is 0.174. The second kappa shape index (κ2) is 5.40. The Morgan fingerprint density at radius 1 is 1.11 bits per heavy atom. The van der Waals surface area contributed by atoms with Gasteiger partial charge in [-0.2, -0.15) is 0 Å². The highest BCUT2D eigenvalue weighted by molar-refractivity contribution is 6.33. The third kappa shape index (κ3) is 2.82. The Hall–Kier alpha value is -1.54. The van der Waals surface area contributed by atoms with Crippen LogP contribution in [0.1, 0.15) is 16.7 Å². The van der Waals surface area contributed by atoms with E-state index < -0.39 is 0 Å². The van der Waals surface area contributed by atoms with Crippen molar-refractivity contribution in [2.45, 2.75) is 20.4 Å². The summed E-state index contributed by atoms with van der Waals surface area (Å²) in [5.41, 5.74) is 3.63. The van der Waals surface area contributed by atoms with Crippen molar-refractivity contribution >= 4 is 17.3 Å².